The Labute approximate surface area is 93.6 Å². The van der Waals surface area contributed by atoms with Gasteiger partial charge in [0, 0.05) is 0 Å². The maximum absolute atomic E-state index is 8.66. The molecule has 0 bridgehead atoms. The van der Waals surface area contributed by atoms with Crippen LogP contribution in [-0.2, 0) is 0 Å². The summed E-state index contributed by atoms with van der Waals surface area (Å²) in [5, 5.41) is 12.5. The van der Waals surface area contributed by atoms with E-state index in [1.807, 2.05) is 19.1 Å². The van der Waals surface area contributed by atoms with Crippen molar-refractivity contribution in [2.24, 2.45) is 0 Å². The van der Waals surface area contributed by atoms with Gasteiger partial charge in [-0.15, -0.1) is 0 Å². The summed E-state index contributed by atoms with van der Waals surface area (Å²) in [4.78, 5) is 0. The third kappa shape index (κ3) is 1.86. The van der Waals surface area contributed by atoms with Gasteiger partial charge in [0.1, 0.15) is 6.10 Å². The summed E-state index contributed by atoms with van der Waals surface area (Å²) in [5.74, 6) is 0.650. The maximum Gasteiger partial charge on any atom is 0.161 e. The van der Waals surface area contributed by atoms with Crippen molar-refractivity contribution in [3.8, 4) is 11.8 Å². The number of fused-ring (bicyclic) bond motifs is 1. The summed E-state index contributed by atoms with van der Waals surface area (Å²) in [7, 11) is 0. The van der Waals surface area contributed by atoms with E-state index in [1.165, 1.54) is 0 Å². The third-order valence-electron chi connectivity index (χ3n) is 2.47. The van der Waals surface area contributed by atoms with Crippen LogP contribution in [0.4, 0.5) is 5.69 Å². The second-order valence-corrected chi connectivity index (χ2v) is 3.98. The molecular formula is C11H11ClN2O. The van der Waals surface area contributed by atoms with Gasteiger partial charge in [0.05, 0.1) is 29.2 Å². The first-order chi connectivity index (χ1) is 7.22. The molecule has 1 aliphatic heterocycles. The van der Waals surface area contributed by atoms with Crippen LogP contribution in [0.25, 0.3) is 0 Å². The smallest absolute Gasteiger partial charge is 0.161 e. The van der Waals surface area contributed by atoms with E-state index in [0.29, 0.717) is 17.2 Å². The molecule has 1 N–H and O–H groups in total. The molecule has 1 heterocycles. The highest BCUT2D eigenvalue weighted by Crippen LogP contribution is 2.37. The fourth-order valence-electron chi connectivity index (χ4n) is 1.64. The molecule has 2 rings (SSSR count). The zero-order valence-electron chi connectivity index (χ0n) is 8.33. The molecule has 0 aliphatic carbocycles. The monoisotopic (exact) mass is 222 g/mol. The molecule has 2 unspecified atom stereocenters. The summed E-state index contributed by atoms with van der Waals surface area (Å²) in [6, 6.07) is 7.80. The van der Waals surface area contributed by atoms with Gasteiger partial charge in [-0.2, -0.15) is 5.26 Å². The minimum absolute atomic E-state index is 0.121. The standard InChI is InChI=1S/C11H11ClN2O/c1-7-10(5-6-13)15-11-8(12)3-2-4-9(11)14-7/h2-4,7,10,14H,5H2,1H3. The van der Waals surface area contributed by atoms with Crippen molar-refractivity contribution in [2.75, 3.05) is 5.32 Å². The van der Waals surface area contributed by atoms with E-state index in [4.69, 9.17) is 21.6 Å². The summed E-state index contributed by atoms with van der Waals surface area (Å²) in [6.07, 6.45) is 0.223. The van der Waals surface area contributed by atoms with Crippen molar-refractivity contribution in [2.45, 2.75) is 25.5 Å². The first kappa shape index (κ1) is 10.1. The lowest BCUT2D eigenvalue weighted by Gasteiger charge is -2.32. The van der Waals surface area contributed by atoms with Gasteiger partial charge in [-0.1, -0.05) is 17.7 Å². The second-order valence-electron chi connectivity index (χ2n) is 3.57. The molecule has 2 atom stereocenters. The Bertz CT molecular complexity index is 414. The number of hydrogen-bond acceptors (Lipinski definition) is 3. The lowest BCUT2D eigenvalue weighted by atomic mass is 10.1. The quantitative estimate of drug-likeness (QED) is 0.795. The van der Waals surface area contributed by atoms with Crippen LogP contribution >= 0.6 is 11.6 Å². The Morgan fingerprint density at radius 2 is 2.40 bits per heavy atom. The Hall–Kier alpha value is -1.40. The van der Waals surface area contributed by atoms with E-state index in [0.717, 1.165) is 5.69 Å². The van der Waals surface area contributed by atoms with Crippen LogP contribution in [0.1, 0.15) is 13.3 Å². The molecule has 78 valence electrons. The van der Waals surface area contributed by atoms with Crippen molar-refractivity contribution in [1.29, 1.82) is 5.26 Å². The number of para-hydroxylation sites is 1. The molecule has 4 heteroatoms. The zero-order valence-corrected chi connectivity index (χ0v) is 9.08. The SMILES string of the molecule is CC1Nc2cccc(Cl)c2OC1CC#N. The van der Waals surface area contributed by atoms with E-state index in [2.05, 4.69) is 11.4 Å². The average molecular weight is 223 g/mol. The van der Waals surface area contributed by atoms with Crippen molar-refractivity contribution in [3.63, 3.8) is 0 Å². The Morgan fingerprint density at radius 3 is 3.13 bits per heavy atom. The van der Waals surface area contributed by atoms with Crippen LogP contribution < -0.4 is 10.1 Å². The number of halogens is 1. The number of nitrogens with one attached hydrogen (secondary N) is 1. The molecule has 0 saturated heterocycles. The van der Waals surface area contributed by atoms with Crippen molar-refractivity contribution in [1.82, 2.24) is 0 Å². The fourth-order valence-corrected chi connectivity index (χ4v) is 1.86. The Balaban J connectivity index is 2.31. The number of nitrogens with zero attached hydrogens (tertiary/aromatic N) is 1. The highest BCUT2D eigenvalue weighted by Gasteiger charge is 2.27. The van der Waals surface area contributed by atoms with E-state index in [-0.39, 0.29) is 12.1 Å². The second kappa shape index (κ2) is 4.00. The summed E-state index contributed by atoms with van der Waals surface area (Å²) in [5.41, 5.74) is 0.893. The average Bonchev–Trinajstić information content (AvgIpc) is 2.21. The van der Waals surface area contributed by atoms with Gasteiger partial charge in [-0.3, -0.25) is 0 Å². The first-order valence-corrected chi connectivity index (χ1v) is 5.19. The molecule has 0 saturated carbocycles. The molecule has 1 aromatic carbocycles. The van der Waals surface area contributed by atoms with Crippen LogP contribution in [0.2, 0.25) is 5.02 Å². The summed E-state index contributed by atoms with van der Waals surface area (Å²) in [6.45, 7) is 1.99. The molecule has 0 amide bonds. The van der Waals surface area contributed by atoms with Gasteiger partial charge in [-0.25, -0.2) is 0 Å². The number of ether oxygens (including phenoxy) is 1. The van der Waals surface area contributed by atoms with Gasteiger partial charge in [0.15, 0.2) is 5.75 Å². The van der Waals surface area contributed by atoms with Gasteiger partial charge < -0.3 is 10.1 Å². The predicted molar refractivity (Wildman–Crippen MR) is 59.2 cm³/mol. The minimum atomic E-state index is -0.137. The Kier molecular flexibility index (Phi) is 2.70. The molecule has 0 fully saturated rings. The molecule has 0 aromatic heterocycles. The van der Waals surface area contributed by atoms with Crippen LogP contribution in [0, 0.1) is 11.3 Å². The summed E-state index contributed by atoms with van der Waals surface area (Å²) < 4.78 is 5.70. The fraction of sp³-hybridized carbons (Fsp3) is 0.364. The topological polar surface area (TPSA) is 45.0 Å². The largest absolute Gasteiger partial charge is 0.483 e. The van der Waals surface area contributed by atoms with E-state index in [1.54, 1.807) is 6.07 Å². The third-order valence-corrected chi connectivity index (χ3v) is 2.77. The van der Waals surface area contributed by atoms with Crippen molar-refractivity contribution >= 4 is 17.3 Å². The first-order valence-electron chi connectivity index (χ1n) is 4.81. The van der Waals surface area contributed by atoms with Gasteiger partial charge in [0.2, 0.25) is 0 Å². The Morgan fingerprint density at radius 1 is 1.60 bits per heavy atom. The van der Waals surface area contributed by atoms with Crippen LogP contribution in [0.3, 0.4) is 0 Å². The molecule has 15 heavy (non-hydrogen) atoms. The van der Waals surface area contributed by atoms with Gasteiger partial charge in [-0.05, 0) is 19.1 Å². The van der Waals surface area contributed by atoms with Crippen molar-refractivity contribution in [3.05, 3.63) is 23.2 Å². The molecule has 1 aliphatic rings. The van der Waals surface area contributed by atoms with E-state index >= 15 is 0 Å². The minimum Gasteiger partial charge on any atom is -0.483 e. The number of nitriles is 1. The van der Waals surface area contributed by atoms with Crippen LogP contribution in [-0.4, -0.2) is 12.1 Å². The molecule has 1 aromatic rings. The number of rotatable bonds is 1. The number of hydrogen-bond donors (Lipinski definition) is 1. The highest BCUT2D eigenvalue weighted by atomic mass is 35.5. The zero-order chi connectivity index (χ0) is 10.8. The lowest BCUT2D eigenvalue weighted by molar-refractivity contribution is 0.179. The molecule has 0 radical (unpaired) electrons. The predicted octanol–water partition coefficient (Wildman–Crippen LogP) is 2.82. The highest BCUT2D eigenvalue weighted by molar-refractivity contribution is 6.32. The number of anilines is 1. The number of benzene rings is 1. The summed E-state index contributed by atoms with van der Waals surface area (Å²) >= 11 is 6.01. The molecule has 0 spiro atoms. The molecule has 3 nitrogen and oxygen atoms in total. The van der Waals surface area contributed by atoms with Crippen LogP contribution in [0.15, 0.2) is 18.2 Å². The van der Waals surface area contributed by atoms with E-state index in [9.17, 15) is 0 Å². The van der Waals surface area contributed by atoms with Gasteiger partial charge in [0.25, 0.3) is 0 Å². The molecular weight excluding hydrogens is 212 g/mol. The van der Waals surface area contributed by atoms with Crippen LogP contribution in [0.5, 0.6) is 5.75 Å². The normalized spacial score (nSPS) is 23.3. The van der Waals surface area contributed by atoms with Crippen molar-refractivity contribution < 1.29 is 4.74 Å². The van der Waals surface area contributed by atoms with Gasteiger partial charge >= 0.3 is 0 Å². The lowest BCUT2D eigenvalue weighted by Crippen LogP contribution is -2.39. The maximum atomic E-state index is 8.66. The van der Waals surface area contributed by atoms with E-state index < -0.39 is 0 Å².